The summed E-state index contributed by atoms with van der Waals surface area (Å²) in [7, 11) is 0. The predicted molar refractivity (Wildman–Crippen MR) is 69.0 cm³/mol. The van der Waals surface area contributed by atoms with Gasteiger partial charge in [0.1, 0.15) is 11.6 Å². The fourth-order valence-electron chi connectivity index (χ4n) is 1.74. The number of pyridine rings is 1. The first-order valence-electron chi connectivity index (χ1n) is 5.86. The minimum atomic E-state index is -0.474. The van der Waals surface area contributed by atoms with Crippen LogP contribution >= 0.6 is 0 Å². The van der Waals surface area contributed by atoms with Gasteiger partial charge in [0, 0.05) is 6.20 Å². The molecule has 2 aromatic heterocycles. The van der Waals surface area contributed by atoms with E-state index in [4.69, 9.17) is 10.5 Å². The van der Waals surface area contributed by atoms with Crippen LogP contribution in [-0.2, 0) is 4.74 Å². The minimum absolute atomic E-state index is 0.231. The van der Waals surface area contributed by atoms with Crippen molar-refractivity contribution in [3.63, 3.8) is 0 Å². The smallest absolute Gasteiger partial charge is 0.340 e. The molecule has 2 N–H and O–H groups in total. The molecule has 0 radical (unpaired) electrons. The number of nitrogens with two attached hydrogens (primary N) is 1. The third-order valence-corrected chi connectivity index (χ3v) is 2.54. The fourth-order valence-corrected chi connectivity index (χ4v) is 1.74. The number of nitrogen functional groups attached to an aromatic ring is 1. The topological polar surface area (TPSA) is 95.9 Å². The van der Waals surface area contributed by atoms with Crippen molar-refractivity contribution < 1.29 is 9.53 Å². The minimum Gasteiger partial charge on any atom is -0.462 e. The average Bonchev–Trinajstić information content (AvgIpc) is 2.69. The third kappa shape index (κ3) is 2.40. The molecule has 0 saturated carbocycles. The molecule has 0 saturated heterocycles. The van der Waals surface area contributed by atoms with Gasteiger partial charge in [0.05, 0.1) is 17.9 Å². The van der Waals surface area contributed by atoms with E-state index in [0.717, 1.165) is 0 Å². The highest BCUT2D eigenvalue weighted by molar-refractivity contribution is 5.96. The van der Waals surface area contributed by atoms with Crippen molar-refractivity contribution in [3.05, 3.63) is 29.5 Å². The molecule has 2 rings (SSSR count). The summed E-state index contributed by atoms with van der Waals surface area (Å²) < 4.78 is 6.45. The van der Waals surface area contributed by atoms with Crippen molar-refractivity contribution >= 4 is 11.7 Å². The molecule has 2 aromatic rings. The van der Waals surface area contributed by atoms with Gasteiger partial charge >= 0.3 is 5.97 Å². The second kappa shape index (κ2) is 5.05. The molecule has 0 aromatic carbocycles. The van der Waals surface area contributed by atoms with E-state index in [0.29, 0.717) is 17.5 Å². The van der Waals surface area contributed by atoms with Gasteiger partial charge in [0.15, 0.2) is 5.82 Å². The number of carbonyl (C=O) groups is 1. The Morgan fingerprint density at radius 3 is 2.79 bits per heavy atom. The maximum absolute atomic E-state index is 11.8. The summed E-state index contributed by atoms with van der Waals surface area (Å²) in [5.74, 6) is 1.17. The second-order valence-electron chi connectivity index (χ2n) is 3.93. The first-order chi connectivity index (χ1) is 9.04. The summed E-state index contributed by atoms with van der Waals surface area (Å²) in [6, 6.07) is 1.52. The molecule has 2 heterocycles. The number of nitrogens with zero attached hydrogens (tertiary/aromatic N) is 4. The largest absolute Gasteiger partial charge is 0.462 e. The normalized spacial score (nSPS) is 10.5. The van der Waals surface area contributed by atoms with Crippen LogP contribution in [0.3, 0.4) is 0 Å². The van der Waals surface area contributed by atoms with Gasteiger partial charge < -0.3 is 10.5 Å². The molecule has 19 heavy (non-hydrogen) atoms. The Hall–Kier alpha value is -2.44. The van der Waals surface area contributed by atoms with Crippen molar-refractivity contribution in [2.24, 2.45) is 0 Å². The Morgan fingerprint density at radius 1 is 1.47 bits per heavy atom. The van der Waals surface area contributed by atoms with E-state index in [9.17, 15) is 4.79 Å². The highest BCUT2D eigenvalue weighted by Gasteiger charge is 2.17. The third-order valence-electron chi connectivity index (χ3n) is 2.54. The van der Waals surface area contributed by atoms with E-state index in [1.165, 1.54) is 16.9 Å². The standard InChI is InChI=1S/C12H15N5O2/c1-4-19-12(18)9-5-6-14-11(10(9)13)17-8(3)15-7(2)16-17/h5-6H,4,13H2,1-3H3. The molecule has 0 unspecified atom stereocenters. The highest BCUT2D eigenvalue weighted by atomic mass is 16.5. The van der Waals surface area contributed by atoms with E-state index in [2.05, 4.69) is 15.1 Å². The molecule has 7 nitrogen and oxygen atoms in total. The zero-order valence-corrected chi connectivity index (χ0v) is 11.0. The maximum atomic E-state index is 11.8. The van der Waals surface area contributed by atoms with Crippen molar-refractivity contribution in [1.82, 2.24) is 19.7 Å². The number of aromatic nitrogens is 4. The zero-order valence-electron chi connectivity index (χ0n) is 11.0. The lowest BCUT2D eigenvalue weighted by Gasteiger charge is -2.09. The Kier molecular flexibility index (Phi) is 3.46. The molecule has 100 valence electrons. The Labute approximate surface area is 110 Å². The molecule has 0 fully saturated rings. The predicted octanol–water partition coefficient (Wildman–Crippen LogP) is 1.04. The van der Waals surface area contributed by atoms with E-state index < -0.39 is 5.97 Å². The van der Waals surface area contributed by atoms with Crippen molar-refractivity contribution in [2.75, 3.05) is 12.3 Å². The molecule has 0 amide bonds. The van der Waals surface area contributed by atoms with Crippen LogP contribution < -0.4 is 5.73 Å². The first-order valence-corrected chi connectivity index (χ1v) is 5.86. The van der Waals surface area contributed by atoms with Gasteiger partial charge in [-0.3, -0.25) is 0 Å². The molecule has 0 aliphatic rings. The van der Waals surface area contributed by atoms with Crippen LogP contribution in [0.25, 0.3) is 5.82 Å². The number of anilines is 1. The second-order valence-corrected chi connectivity index (χ2v) is 3.93. The number of esters is 1. The number of hydrogen-bond donors (Lipinski definition) is 1. The lowest BCUT2D eigenvalue weighted by atomic mass is 10.2. The summed E-state index contributed by atoms with van der Waals surface area (Å²) in [6.45, 7) is 5.59. The molecule has 0 aliphatic heterocycles. The Balaban J connectivity index is 2.51. The Bertz CT molecular complexity index is 621. The molecular weight excluding hydrogens is 246 g/mol. The summed E-state index contributed by atoms with van der Waals surface area (Å²) in [5.41, 5.74) is 6.48. The quantitative estimate of drug-likeness (QED) is 0.829. The number of hydrogen-bond acceptors (Lipinski definition) is 6. The molecule has 7 heteroatoms. The molecule has 0 spiro atoms. The number of rotatable bonds is 3. The lowest BCUT2D eigenvalue weighted by Crippen LogP contribution is -2.13. The average molecular weight is 261 g/mol. The van der Waals surface area contributed by atoms with E-state index in [-0.39, 0.29) is 17.9 Å². The van der Waals surface area contributed by atoms with Gasteiger partial charge in [-0.25, -0.2) is 14.8 Å². The summed E-state index contributed by atoms with van der Waals surface area (Å²) in [4.78, 5) is 20.1. The monoisotopic (exact) mass is 261 g/mol. The van der Waals surface area contributed by atoms with Crippen LogP contribution in [0, 0.1) is 13.8 Å². The fraction of sp³-hybridized carbons (Fsp3) is 0.333. The molecule has 0 bridgehead atoms. The van der Waals surface area contributed by atoms with Gasteiger partial charge in [0.2, 0.25) is 0 Å². The first kappa shape index (κ1) is 13.0. The van der Waals surface area contributed by atoms with Gasteiger partial charge in [-0.1, -0.05) is 0 Å². The van der Waals surface area contributed by atoms with Crippen molar-refractivity contribution in [2.45, 2.75) is 20.8 Å². The van der Waals surface area contributed by atoms with Crippen LogP contribution in [0.2, 0.25) is 0 Å². The summed E-state index contributed by atoms with van der Waals surface area (Å²) in [5, 5.41) is 4.20. The SMILES string of the molecule is CCOC(=O)c1ccnc(-n2nc(C)nc2C)c1N. The van der Waals surface area contributed by atoms with E-state index in [1.54, 1.807) is 20.8 Å². The highest BCUT2D eigenvalue weighted by Crippen LogP contribution is 2.20. The van der Waals surface area contributed by atoms with Crippen molar-refractivity contribution in [1.29, 1.82) is 0 Å². The zero-order chi connectivity index (χ0) is 14.0. The van der Waals surface area contributed by atoms with Gasteiger partial charge in [0.25, 0.3) is 0 Å². The van der Waals surface area contributed by atoms with Crippen molar-refractivity contribution in [3.8, 4) is 5.82 Å². The number of ether oxygens (including phenoxy) is 1. The van der Waals surface area contributed by atoms with Gasteiger partial charge in [-0.15, -0.1) is 5.10 Å². The molecule has 0 aliphatic carbocycles. The number of aryl methyl sites for hydroxylation is 2. The number of carbonyl (C=O) groups excluding carboxylic acids is 1. The summed E-state index contributed by atoms with van der Waals surface area (Å²) in [6.07, 6.45) is 1.49. The van der Waals surface area contributed by atoms with Crippen LogP contribution in [0.5, 0.6) is 0 Å². The molecular formula is C12H15N5O2. The van der Waals surface area contributed by atoms with Gasteiger partial charge in [-0.05, 0) is 26.8 Å². The van der Waals surface area contributed by atoms with Gasteiger partial charge in [-0.2, -0.15) is 4.68 Å². The van der Waals surface area contributed by atoms with Crippen LogP contribution in [0.4, 0.5) is 5.69 Å². The van der Waals surface area contributed by atoms with E-state index >= 15 is 0 Å². The summed E-state index contributed by atoms with van der Waals surface area (Å²) >= 11 is 0. The van der Waals surface area contributed by atoms with Crippen LogP contribution in [-0.4, -0.2) is 32.3 Å². The lowest BCUT2D eigenvalue weighted by molar-refractivity contribution is 0.0527. The molecule has 0 atom stereocenters. The maximum Gasteiger partial charge on any atom is 0.340 e. The van der Waals surface area contributed by atoms with Crippen LogP contribution in [0.1, 0.15) is 28.9 Å². The Morgan fingerprint density at radius 2 is 2.21 bits per heavy atom. The van der Waals surface area contributed by atoms with Crippen LogP contribution in [0.15, 0.2) is 12.3 Å². The van der Waals surface area contributed by atoms with E-state index in [1.807, 2.05) is 0 Å².